The predicted octanol–water partition coefficient (Wildman–Crippen LogP) is 4.35. The van der Waals surface area contributed by atoms with Gasteiger partial charge in [-0.2, -0.15) is 0 Å². The largest absolute Gasteiger partial charge is 0.493 e. The van der Waals surface area contributed by atoms with Crippen molar-refractivity contribution in [3.05, 3.63) is 52.5 Å². The summed E-state index contributed by atoms with van der Waals surface area (Å²) in [5, 5.41) is 0.672. The third kappa shape index (κ3) is 5.07. The molecule has 0 aliphatic carbocycles. The van der Waals surface area contributed by atoms with Crippen molar-refractivity contribution >= 4 is 17.5 Å². The van der Waals surface area contributed by atoms with Gasteiger partial charge in [-0.15, -0.1) is 0 Å². The quantitative estimate of drug-likeness (QED) is 0.637. The van der Waals surface area contributed by atoms with Crippen LogP contribution in [-0.4, -0.2) is 38.7 Å². The Morgan fingerprint density at radius 1 is 0.963 bits per heavy atom. The molecule has 0 N–H and O–H groups in total. The van der Waals surface area contributed by atoms with Gasteiger partial charge < -0.3 is 19.1 Å². The SMILES string of the molecule is CCN(Cc1ccccc1Cl)C(=O)CCc1ccc(OC)c(OC)c1OC. The lowest BCUT2D eigenvalue weighted by atomic mass is 10.1. The second-order valence-electron chi connectivity index (χ2n) is 5.99. The highest BCUT2D eigenvalue weighted by molar-refractivity contribution is 6.31. The summed E-state index contributed by atoms with van der Waals surface area (Å²) >= 11 is 6.22. The van der Waals surface area contributed by atoms with Crippen molar-refractivity contribution in [2.24, 2.45) is 0 Å². The number of ether oxygens (including phenoxy) is 3. The van der Waals surface area contributed by atoms with Crippen LogP contribution < -0.4 is 14.2 Å². The number of carbonyl (C=O) groups is 1. The molecule has 0 saturated heterocycles. The molecule has 2 rings (SSSR count). The van der Waals surface area contributed by atoms with Gasteiger partial charge in [0.05, 0.1) is 21.3 Å². The zero-order valence-electron chi connectivity index (χ0n) is 16.3. The molecule has 0 spiro atoms. The second-order valence-corrected chi connectivity index (χ2v) is 6.40. The maximum atomic E-state index is 12.7. The highest BCUT2D eigenvalue weighted by atomic mass is 35.5. The monoisotopic (exact) mass is 391 g/mol. The van der Waals surface area contributed by atoms with Gasteiger partial charge in [-0.25, -0.2) is 0 Å². The standard InChI is InChI=1S/C21H26ClNO4/c1-5-23(14-16-8-6-7-9-17(16)22)19(24)13-11-15-10-12-18(25-2)21(27-4)20(15)26-3/h6-10,12H,5,11,13-14H2,1-4H3. The molecular weight excluding hydrogens is 366 g/mol. The van der Waals surface area contributed by atoms with E-state index < -0.39 is 0 Å². The van der Waals surface area contributed by atoms with E-state index in [2.05, 4.69) is 0 Å². The maximum Gasteiger partial charge on any atom is 0.223 e. The molecule has 0 unspecified atom stereocenters. The van der Waals surface area contributed by atoms with Crippen molar-refractivity contribution in [3.63, 3.8) is 0 Å². The Morgan fingerprint density at radius 3 is 2.26 bits per heavy atom. The van der Waals surface area contributed by atoms with E-state index in [1.165, 1.54) is 0 Å². The first-order valence-corrected chi connectivity index (χ1v) is 9.22. The summed E-state index contributed by atoms with van der Waals surface area (Å²) in [5.74, 6) is 1.79. The van der Waals surface area contributed by atoms with Gasteiger partial charge in [0.15, 0.2) is 11.5 Å². The molecule has 146 valence electrons. The first kappa shape index (κ1) is 20.9. The molecular formula is C21H26ClNO4. The van der Waals surface area contributed by atoms with E-state index in [-0.39, 0.29) is 5.91 Å². The lowest BCUT2D eigenvalue weighted by molar-refractivity contribution is -0.131. The fraction of sp³-hybridized carbons (Fsp3) is 0.381. The molecule has 0 aliphatic heterocycles. The molecule has 6 heteroatoms. The second kappa shape index (κ2) is 10.1. The molecule has 0 saturated carbocycles. The van der Waals surface area contributed by atoms with Crippen LogP contribution in [0.2, 0.25) is 5.02 Å². The number of rotatable bonds is 9. The van der Waals surface area contributed by atoms with E-state index in [1.54, 1.807) is 26.2 Å². The third-order valence-corrected chi connectivity index (χ3v) is 4.82. The van der Waals surface area contributed by atoms with Gasteiger partial charge in [0.1, 0.15) is 0 Å². The lowest BCUT2D eigenvalue weighted by Gasteiger charge is -2.22. The Labute approximate surface area is 165 Å². The zero-order valence-corrected chi connectivity index (χ0v) is 17.0. The van der Waals surface area contributed by atoms with Crippen LogP contribution in [0.25, 0.3) is 0 Å². The minimum atomic E-state index is 0.0641. The molecule has 0 heterocycles. The lowest BCUT2D eigenvalue weighted by Crippen LogP contribution is -2.30. The number of nitrogens with zero attached hydrogens (tertiary/aromatic N) is 1. The summed E-state index contributed by atoms with van der Waals surface area (Å²) in [6, 6.07) is 11.3. The Kier molecular flexibility index (Phi) is 7.80. The first-order chi connectivity index (χ1) is 13.0. The van der Waals surface area contributed by atoms with Gasteiger partial charge >= 0.3 is 0 Å². The topological polar surface area (TPSA) is 48.0 Å². The van der Waals surface area contributed by atoms with Gasteiger partial charge in [-0.1, -0.05) is 35.9 Å². The van der Waals surface area contributed by atoms with Gasteiger partial charge in [-0.05, 0) is 36.6 Å². The smallest absolute Gasteiger partial charge is 0.223 e. The molecule has 5 nitrogen and oxygen atoms in total. The molecule has 27 heavy (non-hydrogen) atoms. The molecule has 0 radical (unpaired) electrons. The minimum Gasteiger partial charge on any atom is -0.493 e. The summed E-state index contributed by atoms with van der Waals surface area (Å²) in [6.45, 7) is 3.08. The van der Waals surface area contributed by atoms with Crippen LogP contribution in [-0.2, 0) is 17.8 Å². The van der Waals surface area contributed by atoms with Crippen molar-refractivity contribution in [2.75, 3.05) is 27.9 Å². The molecule has 0 aromatic heterocycles. The van der Waals surface area contributed by atoms with E-state index in [1.807, 2.05) is 43.3 Å². The van der Waals surface area contributed by atoms with Crippen molar-refractivity contribution < 1.29 is 19.0 Å². The fourth-order valence-electron chi connectivity index (χ4n) is 2.97. The predicted molar refractivity (Wildman–Crippen MR) is 107 cm³/mol. The average Bonchev–Trinajstić information content (AvgIpc) is 2.70. The third-order valence-electron chi connectivity index (χ3n) is 4.45. The van der Waals surface area contributed by atoms with Gasteiger partial charge in [0.25, 0.3) is 0 Å². The average molecular weight is 392 g/mol. The first-order valence-electron chi connectivity index (χ1n) is 8.84. The molecule has 0 fully saturated rings. The molecule has 2 aromatic carbocycles. The van der Waals surface area contributed by atoms with Crippen LogP contribution >= 0.6 is 11.6 Å². The van der Waals surface area contributed by atoms with Crippen LogP contribution in [0, 0.1) is 0 Å². The zero-order chi connectivity index (χ0) is 19.8. The van der Waals surface area contributed by atoms with Crippen molar-refractivity contribution in [3.8, 4) is 17.2 Å². The summed E-state index contributed by atoms with van der Waals surface area (Å²) < 4.78 is 16.2. The summed E-state index contributed by atoms with van der Waals surface area (Å²) in [7, 11) is 4.73. The number of halogens is 1. The van der Waals surface area contributed by atoms with Crippen LogP contribution in [0.3, 0.4) is 0 Å². The summed E-state index contributed by atoms with van der Waals surface area (Å²) in [4.78, 5) is 14.5. The number of amides is 1. The molecule has 1 amide bonds. The van der Waals surface area contributed by atoms with Crippen LogP contribution in [0.5, 0.6) is 17.2 Å². The van der Waals surface area contributed by atoms with Crippen LogP contribution in [0.1, 0.15) is 24.5 Å². The molecule has 0 aliphatic rings. The van der Waals surface area contributed by atoms with Crippen molar-refractivity contribution in [1.82, 2.24) is 4.90 Å². The molecule has 0 atom stereocenters. The number of aryl methyl sites for hydroxylation is 1. The minimum absolute atomic E-state index is 0.0641. The molecule has 0 bridgehead atoms. The highest BCUT2D eigenvalue weighted by Gasteiger charge is 2.18. The van der Waals surface area contributed by atoms with Crippen molar-refractivity contribution in [2.45, 2.75) is 26.3 Å². The van der Waals surface area contributed by atoms with Crippen LogP contribution in [0.15, 0.2) is 36.4 Å². The van der Waals surface area contributed by atoms with Gasteiger partial charge in [0, 0.05) is 24.5 Å². The van der Waals surface area contributed by atoms with Gasteiger partial charge in [-0.3, -0.25) is 4.79 Å². The Balaban J connectivity index is 2.10. The van der Waals surface area contributed by atoms with E-state index in [4.69, 9.17) is 25.8 Å². The number of methoxy groups -OCH3 is 3. The van der Waals surface area contributed by atoms with E-state index in [0.717, 1.165) is 11.1 Å². The number of carbonyl (C=O) groups excluding carboxylic acids is 1. The number of hydrogen-bond acceptors (Lipinski definition) is 4. The number of hydrogen-bond donors (Lipinski definition) is 0. The Hall–Kier alpha value is -2.40. The summed E-state index contributed by atoms with van der Waals surface area (Å²) in [6.07, 6.45) is 0.908. The maximum absolute atomic E-state index is 12.7. The normalized spacial score (nSPS) is 10.4. The van der Waals surface area contributed by atoms with E-state index >= 15 is 0 Å². The van der Waals surface area contributed by atoms with E-state index in [0.29, 0.717) is 48.2 Å². The van der Waals surface area contributed by atoms with Gasteiger partial charge in [0.2, 0.25) is 11.7 Å². The van der Waals surface area contributed by atoms with Crippen LogP contribution in [0.4, 0.5) is 0 Å². The summed E-state index contributed by atoms with van der Waals surface area (Å²) in [5.41, 5.74) is 1.84. The fourth-order valence-corrected chi connectivity index (χ4v) is 3.16. The van der Waals surface area contributed by atoms with Crippen molar-refractivity contribution in [1.29, 1.82) is 0 Å². The molecule has 2 aromatic rings. The Morgan fingerprint density at radius 2 is 1.67 bits per heavy atom. The highest BCUT2D eigenvalue weighted by Crippen LogP contribution is 2.40. The number of benzene rings is 2. The van der Waals surface area contributed by atoms with E-state index in [9.17, 15) is 4.79 Å². The Bertz CT molecular complexity index is 779.